The molecule has 1 saturated heterocycles. The van der Waals surface area contributed by atoms with Crippen molar-refractivity contribution in [2.75, 3.05) is 32.1 Å². The summed E-state index contributed by atoms with van der Waals surface area (Å²) in [5.41, 5.74) is 3.47. The summed E-state index contributed by atoms with van der Waals surface area (Å²) in [6.45, 7) is 2.12. The van der Waals surface area contributed by atoms with E-state index in [-0.39, 0.29) is 5.91 Å². The first kappa shape index (κ1) is 17.5. The van der Waals surface area contributed by atoms with E-state index in [1.807, 2.05) is 6.07 Å². The fraction of sp³-hybridized carbons (Fsp3) is 0.429. The van der Waals surface area contributed by atoms with E-state index in [0.717, 1.165) is 24.5 Å². The van der Waals surface area contributed by atoms with Crippen LogP contribution in [0.15, 0.2) is 48.5 Å². The molecule has 1 aromatic carbocycles. The predicted octanol–water partition coefficient (Wildman–Crippen LogP) is 3.49. The molecule has 1 unspecified atom stereocenters. The summed E-state index contributed by atoms with van der Waals surface area (Å²) in [6.07, 6.45) is 3.59. The quantitative estimate of drug-likeness (QED) is 0.838. The highest BCUT2D eigenvalue weighted by molar-refractivity contribution is 5.75. The van der Waals surface area contributed by atoms with Gasteiger partial charge >= 0.3 is 0 Å². The van der Waals surface area contributed by atoms with Gasteiger partial charge < -0.3 is 9.80 Å². The van der Waals surface area contributed by atoms with Crippen LogP contribution in [0.25, 0.3) is 0 Å². The van der Waals surface area contributed by atoms with Gasteiger partial charge in [0.05, 0.1) is 0 Å². The van der Waals surface area contributed by atoms with Crippen molar-refractivity contribution in [2.24, 2.45) is 0 Å². The molecular formula is C21H27N3O. The molecule has 2 aromatic rings. The first-order chi connectivity index (χ1) is 12.1. The Hall–Kier alpha value is -2.36. The van der Waals surface area contributed by atoms with Crippen molar-refractivity contribution in [3.63, 3.8) is 0 Å². The normalized spacial score (nSPS) is 17.4. The van der Waals surface area contributed by atoms with Gasteiger partial charge in [0, 0.05) is 56.6 Å². The molecule has 0 radical (unpaired) electrons. The molecular weight excluding hydrogens is 310 g/mol. The Labute approximate surface area is 150 Å². The van der Waals surface area contributed by atoms with E-state index in [2.05, 4.69) is 47.4 Å². The number of rotatable bonds is 5. The highest BCUT2D eigenvalue weighted by atomic mass is 16.2. The zero-order valence-corrected chi connectivity index (χ0v) is 15.2. The Kier molecular flexibility index (Phi) is 5.69. The van der Waals surface area contributed by atoms with E-state index in [1.165, 1.54) is 18.5 Å². The third kappa shape index (κ3) is 4.59. The first-order valence-corrected chi connectivity index (χ1v) is 9.09. The standard InChI is InChI=1S/C21H27N3O/c1-23(2)21(25)14-13-18-9-6-12-20(22-18)17-8-7-15-24(16-17)19-10-4-3-5-11-19/h3-6,9-12,17H,7-8,13-16H2,1-2H3. The van der Waals surface area contributed by atoms with E-state index in [4.69, 9.17) is 4.98 Å². The van der Waals surface area contributed by atoms with Gasteiger partial charge in [-0.15, -0.1) is 0 Å². The highest BCUT2D eigenvalue weighted by Crippen LogP contribution is 2.29. The Morgan fingerprint density at radius 2 is 1.96 bits per heavy atom. The van der Waals surface area contributed by atoms with Crippen LogP contribution in [0, 0.1) is 0 Å². The van der Waals surface area contributed by atoms with Crippen molar-refractivity contribution in [1.29, 1.82) is 0 Å². The minimum absolute atomic E-state index is 0.153. The molecule has 0 aliphatic carbocycles. The molecule has 0 N–H and O–H groups in total. The van der Waals surface area contributed by atoms with E-state index in [1.54, 1.807) is 19.0 Å². The molecule has 0 saturated carbocycles. The fourth-order valence-electron chi connectivity index (χ4n) is 3.42. The average Bonchev–Trinajstić information content (AvgIpc) is 2.67. The maximum atomic E-state index is 11.8. The van der Waals surface area contributed by atoms with Crippen molar-refractivity contribution in [3.8, 4) is 0 Å². The van der Waals surface area contributed by atoms with Gasteiger partial charge in [0.15, 0.2) is 0 Å². The van der Waals surface area contributed by atoms with Crippen LogP contribution in [0.1, 0.15) is 36.6 Å². The number of pyridine rings is 1. The molecule has 132 valence electrons. The van der Waals surface area contributed by atoms with Crippen LogP contribution in [0.4, 0.5) is 5.69 Å². The molecule has 0 bridgehead atoms. The number of benzene rings is 1. The molecule has 1 aliphatic heterocycles. The number of anilines is 1. The van der Waals surface area contributed by atoms with Crippen LogP contribution in [0.5, 0.6) is 0 Å². The highest BCUT2D eigenvalue weighted by Gasteiger charge is 2.22. The summed E-state index contributed by atoms with van der Waals surface area (Å²) < 4.78 is 0. The summed E-state index contributed by atoms with van der Waals surface area (Å²) in [4.78, 5) is 20.8. The van der Waals surface area contributed by atoms with Gasteiger partial charge in [-0.05, 0) is 43.5 Å². The third-order valence-corrected chi connectivity index (χ3v) is 4.88. The number of hydrogen-bond donors (Lipinski definition) is 0. The molecule has 3 rings (SSSR count). The number of piperidine rings is 1. The lowest BCUT2D eigenvalue weighted by Gasteiger charge is -2.34. The average molecular weight is 337 g/mol. The number of nitrogens with zero attached hydrogens (tertiary/aromatic N) is 3. The number of hydrogen-bond acceptors (Lipinski definition) is 3. The molecule has 1 amide bonds. The van der Waals surface area contributed by atoms with Crippen LogP contribution >= 0.6 is 0 Å². The molecule has 25 heavy (non-hydrogen) atoms. The third-order valence-electron chi connectivity index (χ3n) is 4.88. The molecule has 1 fully saturated rings. The van der Waals surface area contributed by atoms with E-state index in [9.17, 15) is 4.79 Å². The Morgan fingerprint density at radius 1 is 1.16 bits per heavy atom. The molecule has 0 spiro atoms. The lowest BCUT2D eigenvalue weighted by atomic mass is 9.93. The number of aromatic nitrogens is 1. The van der Waals surface area contributed by atoms with E-state index >= 15 is 0 Å². The van der Waals surface area contributed by atoms with Gasteiger partial charge in [-0.25, -0.2) is 0 Å². The maximum Gasteiger partial charge on any atom is 0.222 e. The van der Waals surface area contributed by atoms with E-state index < -0.39 is 0 Å². The lowest BCUT2D eigenvalue weighted by molar-refractivity contribution is -0.128. The van der Waals surface area contributed by atoms with Gasteiger partial charge in [0.2, 0.25) is 5.91 Å². The van der Waals surface area contributed by atoms with E-state index in [0.29, 0.717) is 18.8 Å². The summed E-state index contributed by atoms with van der Waals surface area (Å²) >= 11 is 0. The topological polar surface area (TPSA) is 36.4 Å². The Bertz CT molecular complexity index is 699. The van der Waals surface area contributed by atoms with Crippen molar-refractivity contribution in [1.82, 2.24) is 9.88 Å². The van der Waals surface area contributed by atoms with Crippen LogP contribution in [-0.2, 0) is 11.2 Å². The summed E-state index contributed by atoms with van der Waals surface area (Å²) in [5.74, 6) is 0.610. The van der Waals surface area contributed by atoms with Crippen LogP contribution in [0.2, 0.25) is 0 Å². The van der Waals surface area contributed by atoms with Gasteiger partial charge in [-0.1, -0.05) is 24.3 Å². The smallest absolute Gasteiger partial charge is 0.222 e. The maximum absolute atomic E-state index is 11.8. The SMILES string of the molecule is CN(C)C(=O)CCc1cccc(C2CCCN(c3ccccc3)C2)n1. The molecule has 4 heteroatoms. The van der Waals surface area contributed by atoms with Crippen molar-refractivity contribution in [3.05, 3.63) is 59.9 Å². The molecule has 1 atom stereocenters. The van der Waals surface area contributed by atoms with Crippen LogP contribution in [-0.4, -0.2) is 43.0 Å². The second-order valence-corrected chi connectivity index (χ2v) is 6.96. The van der Waals surface area contributed by atoms with Gasteiger partial charge in [-0.2, -0.15) is 0 Å². The monoisotopic (exact) mass is 337 g/mol. The van der Waals surface area contributed by atoms with Crippen molar-refractivity contribution >= 4 is 11.6 Å². The van der Waals surface area contributed by atoms with Crippen LogP contribution in [0.3, 0.4) is 0 Å². The van der Waals surface area contributed by atoms with Crippen molar-refractivity contribution in [2.45, 2.75) is 31.6 Å². The first-order valence-electron chi connectivity index (χ1n) is 9.09. The molecule has 2 heterocycles. The number of aryl methyl sites for hydroxylation is 1. The minimum Gasteiger partial charge on any atom is -0.371 e. The number of amides is 1. The largest absolute Gasteiger partial charge is 0.371 e. The Balaban J connectivity index is 1.67. The zero-order valence-electron chi connectivity index (χ0n) is 15.2. The predicted molar refractivity (Wildman–Crippen MR) is 102 cm³/mol. The molecule has 4 nitrogen and oxygen atoms in total. The molecule has 1 aliphatic rings. The Morgan fingerprint density at radius 3 is 2.72 bits per heavy atom. The van der Waals surface area contributed by atoms with Crippen LogP contribution < -0.4 is 4.90 Å². The second kappa shape index (κ2) is 8.15. The van der Waals surface area contributed by atoms with Crippen molar-refractivity contribution < 1.29 is 4.79 Å². The minimum atomic E-state index is 0.153. The summed E-state index contributed by atoms with van der Waals surface area (Å²) in [6, 6.07) is 16.9. The number of para-hydroxylation sites is 1. The number of carbonyl (C=O) groups is 1. The second-order valence-electron chi connectivity index (χ2n) is 6.96. The lowest BCUT2D eigenvalue weighted by Crippen LogP contribution is -2.34. The van der Waals surface area contributed by atoms with Gasteiger partial charge in [-0.3, -0.25) is 9.78 Å². The summed E-state index contributed by atoms with van der Waals surface area (Å²) in [7, 11) is 3.60. The zero-order chi connectivity index (χ0) is 17.6. The van der Waals surface area contributed by atoms with Gasteiger partial charge in [0.1, 0.15) is 0 Å². The fourth-order valence-corrected chi connectivity index (χ4v) is 3.42. The summed E-state index contributed by atoms with van der Waals surface area (Å²) in [5, 5.41) is 0. The van der Waals surface area contributed by atoms with Gasteiger partial charge in [0.25, 0.3) is 0 Å². The molecule has 1 aromatic heterocycles. The number of carbonyl (C=O) groups excluding carboxylic acids is 1.